The Morgan fingerprint density at radius 1 is 0.950 bits per heavy atom. The molecule has 1 atom stereocenters. The number of hydrogen-bond acceptors (Lipinski definition) is 8. The van der Waals surface area contributed by atoms with E-state index in [1.165, 1.54) is 13.2 Å². The first-order chi connectivity index (χ1) is 19.3. The third-order valence-corrected chi connectivity index (χ3v) is 5.73. The van der Waals surface area contributed by atoms with Crippen molar-refractivity contribution in [3.8, 4) is 17.2 Å². The molecule has 3 aromatic rings. The van der Waals surface area contributed by atoms with Gasteiger partial charge in [0.05, 0.1) is 38.7 Å². The van der Waals surface area contributed by atoms with Gasteiger partial charge in [-0.2, -0.15) is 0 Å². The summed E-state index contributed by atoms with van der Waals surface area (Å²) in [5.41, 5.74) is 7.63. The number of para-hydroxylation sites is 1. The minimum absolute atomic E-state index is 0.117. The van der Waals surface area contributed by atoms with Crippen molar-refractivity contribution >= 4 is 29.6 Å². The Balaban J connectivity index is 1.46. The van der Waals surface area contributed by atoms with Gasteiger partial charge in [0.1, 0.15) is 11.8 Å². The number of hydrogen-bond donors (Lipinski definition) is 3. The second kappa shape index (κ2) is 14.9. The smallest absolute Gasteiger partial charge is 0.340 e. The molecule has 0 spiro atoms. The zero-order chi connectivity index (χ0) is 28.9. The lowest BCUT2D eigenvalue weighted by Crippen LogP contribution is -2.32. The summed E-state index contributed by atoms with van der Waals surface area (Å²) < 4.78 is 21.5. The van der Waals surface area contributed by atoms with Crippen molar-refractivity contribution < 1.29 is 38.4 Å². The van der Waals surface area contributed by atoms with Crippen LogP contribution in [0.15, 0.2) is 72.8 Å². The van der Waals surface area contributed by atoms with Crippen LogP contribution in [0.2, 0.25) is 0 Å². The maximum absolute atomic E-state index is 12.7. The summed E-state index contributed by atoms with van der Waals surface area (Å²) in [5, 5.41) is 11.6. The van der Waals surface area contributed by atoms with Crippen LogP contribution in [0.3, 0.4) is 0 Å². The largest absolute Gasteiger partial charge is 0.493 e. The maximum atomic E-state index is 12.7. The molecule has 3 rings (SSSR count). The number of methoxy groups -OCH3 is 2. The Morgan fingerprint density at radius 3 is 2.38 bits per heavy atom. The van der Waals surface area contributed by atoms with Crippen molar-refractivity contribution in [1.82, 2.24) is 0 Å². The van der Waals surface area contributed by atoms with Crippen LogP contribution in [0.5, 0.6) is 17.2 Å². The molecule has 0 saturated heterocycles. The van der Waals surface area contributed by atoms with Crippen LogP contribution in [0, 0.1) is 0 Å². The molecule has 3 aromatic carbocycles. The number of nitrogens with one attached hydrogen (secondary N) is 1. The maximum Gasteiger partial charge on any atom is 0.340 e. The number of carboxylic acid groups (broad SMARTS) is 1. The number of esters is 1. The Labute approximate surface area is 232 Å². The van der Waals surface area contributed by atoms with Crippen molar-refractivity contribution in [3.05, 3.63) is 89.5 Å². The van der Waals surface area contributed by atoms with Gasteiger partial charge < -0.3 is 35.1 Å². The summed E-state index contributed by atoms with van der Waals surface area (Å²) in [4.78, 5) is 36.0. The van der Waals surface area contributed by atoms with E-state index in [1.54, 1.807) is 79.9 Å². The van der Waals surface area contributed by atoms with E-state index >= 15 is 0 Å². The highest BCUT2D eigenvalue weighted by Gasteiger charge is 2.14. The van der Waals surface area contributed by atoms with E-state index in [-0.39, 0.29) is 18.6 Å². The monoisotopic (exact) mass is 548 g/mol. The number of benzene rings is 3. The van der Waals surface area contributed by atoms with E-state index < -0.39 is 23.9 Å². The molecule has 0 aliphatic heterocycles. The summed E-state index contributed by atoms with van der Waals surface area (Å²) in [6, 6.07) is 17.9. The Morgan fingerprint density at radius 2 is 1.68 bits per heavy atom. The number of carboxylic acids is 1. The second-order valence-corrected chi connectivity index (χ2v) is 8.61. The molecule has 0 saturated carbocycles. The predicted octanol–water partition coefficient (Wildman–Crippen LogP) is 3.94. The van der Waals surface area contributed by atoms with Crippen LogP contribution in [-0.4, -0.2) is 56.4 Å². The van der Waals surface area contributed by atoms with Crippen molar-refractivity contribution in [3.63, 3.8) is 0 Å². The number of ether oxygens (including phenoxy) is 4. The minimum atomic E-state index is -1.05. The predicted molar refractivity (Wildman–Crippen MR) is 150 cm³/mol. The lowest BCUT2D eigenvalue weighted by atomic mass is 10.1. The molecule has 4 N–H and O–H groups in total. The summed E-state index contributed by atoms with van der Waals surface area (Å²) in [6.07, 6.45) is 3.65. The van der Waals surface area contributed by atoms with Gasteiger partial charge >= 0.3 is 11.9 Å². The van der Waals surface area contributed by atoms with Gasteiger partial charge in [-0.1, -0.05) is 30.3 Å². The molecular formula is C30H32N2O8. The number of carbonyl (C=O) groups excluding carboxylic acids is 2. The van der Waals surface area contributed by atoms with E-state index in [1.807, 2.05) is 0 Å². The first-order valence-electron chi connectivity index (χ1n) is 12.5. The summed E-state index contributed by atoms with van der Waals surface area (Å²) in [7, 11) is 3.08. The van der Waals surface area contributed by atoms with Crippen molar-refractivity contribution in [1.29, 1.82) is 0 Å². The van der Waals surface area contributed by atoms with Gasteiger partial charge in [-0.15, -0.1) is 0 Å². The number of amides is 1. The highest BCUT2D eigenvalue weighted by molar-refractivity contribution is 6.06. The summed E-state index contributed by atoms with van der Waals surface area (Å²) >= 11 is 0. The molecule has 0 heterocycles. The minimum Gasteiger partial charge on any atom is -0.493 e. The fourth-order valence-electron chi connectivity index (χ4n) is 3.63. The third kappa shape index (κ3) is 8.88. The lowest BCUT2D eigenvalue weighted by Gasteiger charge is -2.11. The first-order valence-corrected chi connectivity index (χ1v) is 12.5. The van der Waals surface area contributed by atoms with Gasteiger partial charge in [0.15, 0.2) is 11.5 Å². The van der Waals surface area contributed by atoms with Crippen LogP contribution in [0.25, 0.3) is 6.08 Å². The Bertz CT molecular complexity index is 1340. The van der Waals surface area contributed by atoms with Gasteiger partial charge in [-0.05, 0) is 60.0 Å². The van der Waals surface area contributed by atoms with E-state index in [2.05, 4.69) is 5.32 Å². The fourth-order valence-corrected chi connectivity index (χ4v) is 3.63. The molecule has 0 fully saturated rings. The number of anilines is 1. The third-order valence-electron chi connectivity index (χ3n) is 5.73. The summed E-state index contributed by atoms with van der Waals surface area (Å²) in [5.74, 6) is -0.314. The highest BCUT2D eigenvalue weighted by Crippen LogP contribution is 2.28. The topological polar surface area (TPSA) is 146 Å². The van der Waals surface area contributed by atoms with Gasteiger partial charge in [0.25, 0.3) is 0 Å². The quantitative estimate of drug-likeness (QED) is 0.155. The van der Waals surface area contributed by atoms with Crippen molar-refractivity contribution in [2.75, 3.05) is 32.8 Å². The average molecular weight is 549 g/mol. The summed E-state index contributed by atoms with van der Waals surface area (Å²) in [6.45, 7) is 0.423. The molecule has 210 valence electrons. The molecule has 0 bridgehead atoms. The molecule has 0 unspecified atom stereocenters. The number of nitrogens with two attached hydrogens (primary N) is 1. The molecule has 0 aromatic heterocycles. The van der Waals surface area contributed by atoms with Crippen LogP contribution in [0.4, 0.5) is 5.69 Å². The van der Waals surface area contributed by atoms with Crippen LogP contribution in [0.1, 0.15) is 27.9 Å². The van der Waals surface area contributed by atoms with E-state index in [4.69, 9.17) is 29.8 Å². The first kappa shape index (κ1) is 29.7. The molecule has 1 amide bonds. The van der Waals surface area contributed by atoms with Crippen molar-refractivity contribution in [2.24, 2.45) is 5.73 Å². The van der Waals surface area contributed by atoms with E-state index in [9.17, 15) is 14.4 Å². The molecule has 40 heavy (non-hydrogen) atoms. The Hall–Kier alpha value is -4.83. The second-order valence-electron chi connectivity index (χ2n) is 8.61. The number of rotatable bonds is 14. The normalized spacial score (nSPS) is 11.5. The highest BCUT2D eigenvalue weighted by atomic mass is 16.5. The Kier molecular flexibility index (Phi) is 11.1. The molecule has 10 nitrogen and oxygen atoms in total. The van der Waals surface area contributed by atoms with Crippen molar-refractivity contribution in [2.45, 2.75) is 18.9 Å². The van der Waals surface area contributed by atoms with Gasteiger partial charge in [0, 0.05) is 12.5 Å². The molecule has 10 heteroatoms. The van der Waals surface area contributed by atoms with Crippen LogP contribution < -0.4 is 25.3 Å². The SMILES string of the molecule is COc1ccc(C=CC(=O)Nc2ccccc2C(=O)OCCCOc2ccc(C[C@H](N)C(=O)O)cc2)cc1OC. The van der Waals surface area contributed by atoms with Gasteiger partial charge in [0.2, 0.25) is 5.91 Å². The van der Waals surface area contributed by atoms with Gasteiger partial charge in [-0.25, -0.2) is 4.79 Å². The average Bonchev–Trinajstić information content (AvgIpc) is 2.96. The zero-order valence-corrected chi connectivity index (χ0v) is 22.3. The fraction of sp³-hybridized carbons (Fsp3) is 0.233. The lowest BCUT2D eigenvalue weighted by molar-refractivity contribution is -0.138. The standard InChI is InChI=1S/C30H32N2O8/c1-37-26-14-10-21(19-27(26)38-2)11-15-28(33)32-25-7-4-3-6-23(25)30(36)40-17-5-16-39-22-12-8-20(9-13-22)18-24(31)29(34)35/h3-4,6-15,19,24H,5,16-18,31H2,1-2H3,(H,32,33)(H,34,35)/t24-/m0/s1. The number of aliphatic carboxylic acids is 1. The molecule has 0 aliphatic rings. The molecule has 0 radical (unpaired) electrons. The van der Waals surface area contributed by atoms with Crippen LogP contribution in [-0.2, 0) is 20.7 Å². The zero-order valence-electron chi connectivity index (χ0n) is 22.3. The molecule has 0 aliphatic carbocycles. The van der Waals surface area contributed by atoms with E-state index in [0.717, 1.165) is 11.1 Å². The van der Waals surface area contributed by atoms with Crippen LogP contribution >= 0.6 is 0 Å². The molecular weight excluding hydrogens is 516 g/mol. The number of carbonyl (C=O) groups is 3. The van der Waals surface area contributed by atoms with E-state index in [0.29, 0.717) is 36.0 Å². The van der Waals surface area contributed by atoms with Gasteiger partial charge in [-0.3, -0.25) is 9.59 Å².